The van der Waals surface area contributed by atoms with E-state index in [-0.39, 0.29) is 18.0 Å². The maximum atomic E-state index is 12.2. The Morgan fingerprint density at radius 1 is 1.00 bits per heavy atom. The first kappa shape index (κ1) is 25.3. The third kappa shape index (κ3) is 4.71. The number of carbonyl (C=O) groups excluding carboxylic acids is 1. The van der Waals surface area contributed by atoms with Gasteiger partial charge in [0.2, 0.25) is 0 Å². The van der Waals surface area contributed by atoms with E-state index in [0.717, 1.165) is 48.3 Å². The van der Waals surface area contributed by atoms with E-state index in [0.29, 0.717) is 10.8 Å². The second kappa shape index (κ2) is 9.69. The Hall–Kier alpha value is -0.790. The molecule has 0 radical (unpaired) electrons. The molecule has 5 unspecified atom stereocenters. The van der Waals surface area contributed by atoms with Gasteiger partial charge in [0, 0.05) is 6.42 Å². The highest BCUT2D eigenvalue weighted by Gasteiger charge is 2.59. The Morgan fingerprint density at radius 2 is 1.76 bits per heavy atom. The van der Waals surface area contributed by atoms with Crippen LogP contribution in [0, 0.1) is 52.3 Å². The van der Waals surface area contributed by atoms with E-state index >= 15 is 0 Å². The number of fused-ring (bicyclic) bond motifs is 5. The van der Waals surface area contributed by atoms with Crippen molar-refractivity contribution in [3.63, 3.8) is 0 Å². The smallest absolute Gasteiger partial charge is 0.308 e. The summed E-state index contributed by atoms with van der Waals surface area (Å²) in [6.07, 6.45) is 17.2. The van der Waals surface area contributed by atoms with Crippen molar-refractivity contribution in [2.24, 2.45) is 52.3 Å². The molecule has 0 bridgehead atoms. The third-order valence-electron chi connectivity index (χ3n) is 11.0. The zero-order chi connectivity index (χ0) is 24.0. The van der Waals surface area contributed by atoms with Gasteiger partial charge < -0.3 is 4.74 Å². The lowest BCUT2D eigenvalue weighted by molar-refractivity contribution is -0.155. The minimum atomic E-state index is -0.0258. The molecule has 33 heavy (non-hydrogen) atoms. The molecule has 0 N–H and O–H groups in total. The molecular weight excluding hydrogens is 404 g/mol. The van der Waals surface area contributed by atoms with Crippen molar-refractivity contribution in [3.05, 3.63) is 11.6 Å². The number of hydrogen-bond acceptors (Lipinski definition) is 2. The molecule has 4 aliphatic rings. The molecule has 0 aliphatic heterocycles. The Morgan fingerprint density at radius 3 is 2.45 bits per heavy atom. The predicted molar refractivity (Wildman–Crippen MR) is 138 cm³/mol. The van der Waals surface area contributed by atoms with Gasteiger partial charge in [-0.05, 0) is 91.3 Å². The van der Waals surface area contributed by atoms with Crippen LogP contribution in [0.4, 0.5) is 0 Å². The molecule has 4 rings (SSSR count). The summed E-state index contributed by atoms with van der Waals surface area (Å²) >= 11 is 0. The highest BCUT2D eigenvalue weighted by atomic mass is 16.5. The van der Waals surface area contributed by atoms with Crippen LogP contribution in [0.5, 0.6) is 0 Å². The van der Waals surface area contributed by atoms with Gasteiger partial charge in [0.15, 0.2) is 0 Å². The van der Waals surface area contributed by atoms with Gasteiger partial charge in [-0.3, -0.25) is 4.79 Å². The Balaban J connectivity index is 1.45. The summed E-state index contributed by atoms with van der Waals surface area (Å²) in [7, 11) is 0. The maximum Gasteiger partial charge on any atom is 0.308 e. The Kier molecular flexibility index (Phi) is 7.43. The molecular formula is C31H52O2. The zero-order valence-electron chi connectivity index (χ0n) is 22.8. The van der Waals surface area contributed by atoms with Gasteiger partial charge in [-0.2, -0.15) is 0 Å². The molecule has 0 aromatic carbocycles. The van der Waals surface area contributed by atoms with Crippen molar-refractivity contribution >= 4 is 5.97 Å². The summed E-state index contributed by atoms with van der Waals surface area (Å²) in [5, 5.41) is 0. The fourth-order valence-corrected chi connectivity index (χ4v) is 9.05. The molecule has 0 aromatic heterocycles. The topological polar surface area (TPSA) is 26.3 Å². The van der Waals surface area contributed by atoms with Crippen LogP contribution in [0.2, 0.25) is 0 Å². The first-order valence-corrected chi connectivity index (χ1v) is 14.5. The van der Waals surface area contributed by atoms with E-state index in [4.69, 9.17) is 4.74 Å². The van der Waals surface area contributed by atoms with Crippen molar-refractivity contribution in [1.29, 1.82) is 0 Å². The quantitative estimate of drug-likeness (QED) is 0.283. The predicted octanol–water partition coefficient (Wildman–Crippen LogP) is 8.60. The lowest BCUT2D eigenvalue weighted by atomic mass is 9.47. The van der Waals surface area contributed by atoms with E-state index in [1.807, 2.05) is 13.8 Å². The van der Waals surface area contributed by atoms with Crippen molar-refractivity contribution in [2.45, 2.75) is 125 Å². The van der Waals surface area contributed by atoms with Crippen LogP contribution in [0.1, 0.15) is 119 Å². The minimum Gasteiger partial charge on any atom is -0.462 e. The number of rotatable bonds is 7. The molecule has 188 valence electrons. The Labute approximate surface area is 204 Å². The minimum absolute atomic E-state index is 0.0224. The van der Waals surface area contributed by atoms with E-state index in [2.05, 4.69) is 40.7 Å². The van der Waals surface area contributed by atoms with Crippen molar-refractivity contribution in [2.75, 3.05) is 0 Å². The van der Waals surface area contributed by atoms with Gasteiger partial charge in [0.05, 0.1) is 5.92 Å². The number of esters is 1. The van der Waals surface area contributed by atoms with Gasteiger partial charge in [0.25, 0.3) is 0 Å². The summed E-state index contributed by atoms with van der Waals surface area (Å²) in [5.74, 6) is 5.24. The van der Waals surface area contributed by atoms with Crippen LogP contribution in [0.3, 0.4) is 0 Å². The molecule has 4 aliphatic carbocycles. The molecule has 8 atom stereocenters. The fraction of sp³-hybridized carbons (Fsp3) is 0.903. The first-order valence-electron chi connectivity index (χ1n) is 14.5. The number of ether oxygens (including phenoxy) is 1. The molecule has 0 aromatic rings. The van der Waals surface area contributed by atoms with Crippen LogP contribution >= 0.6 is 0 Å². The van der Waals surface area contributed by atoms with Crippen LogP contribution in [0.25, 0.3) is 0 Å². The number of carbonyl (C=O) groups is 1. The zero-order valence-corrected chi connectivity index (χ0v) is 22.8. The molecule has 0 spiro atoms. The fourth-order valence-electron chi connectivity index (χ4n) is 9.05. The molecule has 2 nitrogen and oxygen atoms in total. The van der Waals surface area contributed by atoms with Crippen LogP contribution in [-0.2, 0) is 9.53 Å². The largest absolute Gasteiger partial charge is 0.462 e. The van der Waals surface area contributed by atoms with E-state index < -0.39 is 0 Å². The lowest BCUT2D eigenvalue weighted by Crippen LogP contribution is -2.51. The van der Waals surface area contributed by atoms with Crippen molar-refractivity contribution < 1.29 is 9.53 Å². The monoisotopic (exact) mass is 456 g/mol. The van der Waals surface area contributed by atoms with Crippen LogP contribution in [-0.4, -0.2) is 12.1 Å². The number of allylic oxidation sites excluding steroid dienone is 1. The summed E-state index contributed by atoms with van der Waals surface area (Å²) in [6, 6.07) is 0. The molecule has 3 fully saturated rings. The van der Waals surface area contributed by atoms with Gasteiger partial charge in [0.1, 0.15) is 6.10 Å². The van der Waals surface area contributed by atoms with Crippen molar-refractivity contribution in [3.8, 4) is 0 Å². The van der Waals surface area contributed by atoms with E-state index in [1.54, 1.807) is 5.57 Å². The molecule has 3 saturated carbocycles. The van der Waals surface area contributed by atoms with Crippen LogP contribution in [0.15, 0.2) is 11.6 Å². The second-order valence-electron chi connectivity index (χ2n) is 13.7. The summed E-state index contributed by atoms with van der Waals surface area (Å²) in [5.41, 5.74) is 2.52. The van der Waals surface area contributed by atoms with Crippen molar-refractivity contribution in [1.82, 2.24) is 0 Å². The van der Waals surface area contributed by atoms with Gasteiger partial charge in [-0.25, -0.2) is 0 Å². The van der Waals surface area contributed by atoms with Crippen LogP contribution < -0.4 is 0 Å². The SMILES string of the molecule is CC(C)CCCC(C)C1CC[C@@H]2C3CC=C4C[C@H](OC(=O)C(C)C)CCC4(C)[C@@H]3CCC12C. The average Bonchev–Trinajstić information content (AvgIpc) is 3.11. The summed E-state index contributed by atoms with van der Waals surface area (Å²) in [6.45, 7) is 16.5. The highest BCUT2D eigenvalue weighted by molar-refractivity contribution is 5.71. The van der Waals surface area contributed by atoms with Gasteiger partial charge in [-0.1, -0.05) is 79.4 Å². The molecule has 0 heterocycles. The first-order chi connectivity index (χ1) is 15.6. The maximum absolute atomic E-state index is 12.2. The van der Waals surface area contributed by atoms with Gasteiger partial charge >= 0.3 is 5.97 Å². The molecule has 0 amide bonds. The Bertz CT molecular complexity index is 735. The second-order valence-corrected chi connectivity index (χ2v) is 13.7. The van der Waals surface area contributed by atoms with Gasteiger partial charge in [-0.15, -0.1) is 0 Å². The highest BCUT2D eigenvalue weighted by Crippen LogP contribution is 2.67. The normalized spacial score (nSPS) is 41.2. The molecule has 0 saturated heterocycles. The summed E-state index contributed by atoms with van der Waals surface area (Å²) in [4.78, 5) is 12.2. The molecule has 2 heteroatoms. The standard InChI is InChI=1S/C31H52O2/c1-20(2)9-8-10-22(5)26-13-14-27-25-12-11-23-19-24(33-29(32)21(3)4)15-17-30(23,6)28(25)16-18-31(26,27)7/h11,20-22,24-28H,8-10,12-19H2,1-7H3/t22?,24-,25?,26?,27-,28-,30?,31?/m1/s1. The number of hydrogen-bond donors (Lipinski definition) is 0. The lowest BCUT2D eigenvalue weighted by Gasteiger charge is -2.58. The summed E-state index contributed by atoms with van der Waals surface area (Å²) < 4.78 is 5.88. The van der Waals surface area contributed by atoms with E-state index in [1.165, 1.54) is 57.8 Å². The van der Waals surface area contributed by atoms with E-state index in [9.17, 15) is 4.79 Å². The average molecular weight is 457 g/mol. The third-order valence-corrected chi connectivity index (χ3v) is 11.0.